The minimum Gasteiger partial charge on any atom is -0.369 e. The smallest absolute Gasteiger partial charge is 0.369 e. The van der Waals surface area contributed by atoms with Gasteiger partial charge in [0.1, 0.15) is 0 Å². The van der Waals surface area contributed by atoms with Crippen molar-refractivity contribution in [3.05, 3.63) is 71.6 Å². The van der Waals surface area contributed by atoms with Gasteiger partial charge in [-0.15, -0.1) is 0 Å². The second-order valence-electron chi connectivity index (χ2n) is 7.23. The van der Waals surface area contributed by atoms with Crippen molar-refractivity contribution >= 4 is 12.0 Å². The molecule has 152 valence electrons. The fraction of sp³-hybridized carbons (Fsp3) is 0.333. The number of rotatable bonds is 5. The Hall–Kier alpha value is -2.87. The van der Waals surface area contributed by atoms with Crippen LogP contribution in [0, 0.1) is 0 Å². The van der Waals surface area contributed by atoms with Crippen LogP contribution >= 0.6 is 0 Å². The summed E-state index contributed by atoms with van der Waals surface area (Å²) in [7, 11) is 0. The predicted octanol–water partition coefficient (Wildman–Crippen LogP) is 3.54. The first-order chi connectivity index (χ1) is 13.8. The summed E-state index contributed by atoms with van der Waals surface area (Å²) in [6.45, 7) is 4.62. The Kier molecular flexibility index (Phi) is 5.04. The van der Waals surface area contributed by atoms with E-state index in [9.17, 15) is 18.0 Å². The van der Waals surface area contributed by atoms with Gasteiger partial charge in [0.15, 0.2) is 0 Å². The van der Waals surface area contributed by atoms with Crippen LogP contribution in [0.3, 0.4) is 0 Å². The van der Waals surface area contributed by atoms with Gasteiger partial charge in [-0.1, -0.05) is 18.7 Å². The third kappa shape index (κ3) is 3.98. The maximum Gasteiger partial charge on any atom is 0.413 e. The Balaban J connectivity index is 1.47. The zero-order valence-electron chi connectivity index (χ0n) is 15.6. The van der Waals surface area contributed by atoms with E-state index in [1.54, 1.807) is 40.0 Å². The van der Waals surface area contributed by atoms with Crippen molar-refractivity contribution in [2.75, 3.05) is 13.1 Å². The summed E-state index contributed by atoms with van der Waals surface area (Å²) in [6.07, 6.45) is 1.27. The molecule has 4 rings (SSSR count). The first-order valence-corrected chi connectivity index (χ1v) is 9.27. The molecule has 2 aliphatic rings. The van der Waals surface area contributed by atoms with Gasteiger partial charge in [-0.05, 0) is 41.0 Å². The first kappa shape index (κ1) is 19.4. The summed E-state index contributed by atoms with van der Waals surface area (Å²) < 4.78 is 46.7. The van der Waals surface area contributed by atoms with Gasteiger partial charge in [0.05, 0.1) is 18.8 Å². The predicted molar refractivity (Wildman–Crippen MR) is 101 cm³/mol. The van der Waals surface area contributed by atoms with E-state index >= 15 is 0 Å². The summed E-state index contributed by atoms with van der Waals surface area (Å²) in [5, 5.41) is 4.26. The topological polar surface area (TPSA) is 47.4 Å². The normalized spacial score (nSPS) is 21.2. The van der Waals surface area contributed by atoms with Crippen molar-refractivity contribution < 1.29 is 22.7 Å². The Morgan fingerprint density at radius 2 is 2.17 bits per heavy atom. The van der Waals surface area contributed by atoms with Crippen LogP contribution in [0.5, 0.6) is 0 Å². The Labute approximate surface area is 166 Å². The quantitative estimate of drug-likeness (QED) is 0.718. The van der Waals surface area contributed by atoms with Crippen LogP contribution < -0.4 is 0 Å². The van der Waals surface area contributed by atoms with Crippen molar-refractivity contribution in [2.24, 2.45) is 0 Å². The van der Waals surface area contributed by atoms with Crippen molar-refractivity contribution in [3.8, 4) is 0 Å². The van der Waals surface area contributed by atoms with E-state index in [1.807, 2.05) is 6.20 Å². The van der Waals surface area contributed by atoms with Crippen molar-refractivity contribution in [1.82, 2.24) is 14.7 Å². The minimum absolute atomic E-state index is 0.0946. The number of fused-ring (bicyclic) bond motifs is 1. The summed E-state index contributed by atoms with van der Waals surface area (Å²) in [4.78, 5) is 13.7. The first-order valence-electron chi connectivity index (χ1n) is 9.27. The molecule has 1 amide bonds. The monoisotopic (exact) mass is 403 g/mol. The summed E-state index contributed by atoms with van der Waals surface area (Å²) in [5.41, 5.74) is 1.51. The number of aromatic nitrogens is 2. The maximum absolute atomic E-state index is 12.9. The maximum atomic E-state index is 12.9. The van der Waals surface area contributed by atoms with Gasteiger partial charge in [0.25, 0.3) is 0 Å². The summed E-state index contributed by atoms with van der Waals surface area (Å²) >= 11 is 0. The molecule has 0 bridgehead atoms. The molecule has 0 unspecified atom stereocenters. The number of carbonyl (C=O) groups excluding carboxylic acids is 1. The second kappa shape index (κ2) is 7.51. The molecule has 2 heterocycles. The molecule has 1 aromatic heterocycles. The number of hydrogen-bond acceptors (Lipinski definition) is 3. The number of ether oxygens (including phenoxy) is 1. The highest BCUT2D eigenvalue weighted by atomic mass is 19.4. The molecule has 0 radical (unpaired) electrons. The van der Waals surface area contributed by atoms with Gasteiger partial charge < -0.3 is 9.64 Å². The van der Waals surface area contributed by atoms with Gasteiger partial charge >= 0.3 is 6.18 Å². The summed E-state index contributed by atoms with van der Waals surface area (Å²) in [6, 6.07) is 6.91. The largest absolute Gasteiger partial charge is 0.413 e. The van der Waals surface area contributed by atoms with Crippen molar-refractivity contribution in [2.45, 2.75) is 31.3 Å². The molecule has 2 atom stereocenters. The van der Waals surface area contributed by atoms with Crippen LogP contribution in [-0.2, 0) is 22.6 Å². The summed E-state index contributed by atoms with van der Waals surface area (Å²) in [5.74, 6) is -0.171. The SMILES string of the molecule is C=CC(=O)N1C[C@@H](n2cccn2)[C@H](OCc2ccc3c(c2)C=C(C(F)(F)F)C3)C1. The number of amides is 1. The van der Waals surface area contributed by atoms with Gasteiger partial charge in [0.2, 0.25) is 5.91 Å². The highest BCUT2D eigenvalue weighted by molar-refractivity contribution is 5.87. The van der Waals surface area contributed by atoms with Gasteiger partial charge in [0, 0.05) is 37.5 Å². The molecule has 1 saturated heterocycles. The number of allylic oxidation sites excluding steroid dienone is 1. The Bertz CT molecular complexity index is 951. The molecule has 1 aliphatic carbocycles. The molecule has 0 saturated carbocycles. The van der Waals surface area contributed by atoms with Gasteiger partial charge in [-0.2, -0.15) is 18.3 Å². The lowest BCUT2D eigenvalue weighted by atomic mass is 10.1. The Morgan fingerprint density at radius 3 is 2.86 bits per heavy atom. The van der Waals surface area contributed by atoms with Crippen LogP contribution in [0.15, 0.2) is 54.9 Å². The average molecular weight is 403 g/mol. The lowest BCUT2D eigenvalue weighted by Crippen LogP contribution is -2.28. The number of benzene rings is 1. The molecule has 2 aromatic rings. The van der Waals surface area contributed by atoms with Crippen LogP contribution in [0.25, 0.3) is 6.08 Å². The van der Waals surface area contributed by atoms with Crippen LogP contribution in [-0.4, -0.2) is 46.0 Å². The number of nitrogens with zero attached hydrogens (tertiary/aromatic N) is 3. The van der Waals surface area contributed by atoms with Crippen LogP contribution in [0.4, 0.5) is 13.2 Å². The van der Waals surface area contributed by atoms with Crippen molar-refractivity contribution in [3.63, 3.8) is 0 Å². The van der Waals surface area contributed by atoms with Crippen molar-refractivity contribution in [1.29, 1.82) is 0 Å². The Morgan fingerprint density at radius 1 is 1.34 bits per heavy atom. The fourth-order valence-corrected chi connectivity index (χ4v) is 3.82. The lowest BCUT2D eigenvalue weighted by molar-refractivity contribution is -0.125. The second-order valence-corrected chi connectivity index (χ2v) is 7.23. The van der Waals surface area contributed by atoms with E-state index in [1.165, 1.54) is 12.2 Å². The molecule has 1 fully saturated rings. The number of alkyl halides is 3. The fourth-order valence-electron chi connectivity index (χ4n) is 3.82. The van der Waals surface area contributed by atoms with Crippen LogP contribution in [0.2, 0.25) is 0 Å². The number of carbonyl (C=O) groups is 1. The molecule has 29 heavy (non-hydrogen) atoms. The minimum atomic E-state index is -4.31. The molecule has 0 spiro atoms. The third-order valence-corrected chi connectivity index (χ3v) is 5.34. The average Bonchev–Trinajstić information content (AvgIpc) is 3.43. The molecular formula is C21H20F3N3O2. The highest BCUT2D eigenvalue weighted by Crippen LogP contribution is 2.36. The number of hydrogen-bond donors (Lipinski definition) is 0. The van der Waals surface area contributed by atoms with E-state index in [2.05, 4.69) is 11.7 Å². The van der Waals surface area contributed by atoms with Gasteiger partial charge in [-0.3, -0.25) is 9.48 Å². The van der Waals surface area contributed by atoms with E-state index in [-0.39, 0.29) is 31.1 Å². The molecule has 0 N–H and O–H groups in total. The molecule has 5 nitrogen and oxygen atoms in total. The zero-order valence-corrected chi connectivity index (χ0v) is 15.6. The van der Waals surface area contributed by atoms with E-state index in [0.29, 0.717) is 24.2 Å². The molecule has 8 heteroatoms. The molecule has 1 aromatic carbocycles. The third-order valence-electron chi connectivity index (χ3n) is 5.34. The van der Waals surface area contributed by atoms with E-state index in [4.69, 9.17) is 4.74 Å². The van der Waals surface area contributed by atoms with Crippen LogP contribution in [0.1, 0.15) is 22.7 Å². The molecular weight excluding hydrogens is 383 g/mol. The number of likely N-dealkylation sites (tertiary alicyclic amines) is 1. The standard InChI is InChI=1S/C21H20F3N3O2/c1-2-20(28)26-11-18(27-7-3-6-25-27)19(12-26)29-13-14-4-5-15-9-17(21(22,23)24)10-16(15)8-14/h2-8,10,18-19H,1,9,11-13H2/t18-,19-/m1/s1. The molecule has 1 aliphatic heterocycles. The number of halogens is 3. The zero-order chi connectivity index (χ0) is 20.6. The van der Waals surface area contributed by atoms with E-state index in [0.717, 1.165) is 5.56 Å². The lowest BCUT2D eigenvalue weighted by Gasteiger charge is -2.19. The van der Waals surface area contributed by atoms with Gasteiger partial charge in [-0.25, -0.2) is 0 Å². The van der Waals surface area contributed by atoms with E-state index < -0.39 is 11.7 Å². The highest BCUT2D eigenvalue weighted by Gasteiger charge is 2.38.